The maximum atomic E-state index is 12.7. The van der Waals surface area contributed by atoms with Gasteiger partial charge >= 0.3 is 12.2 Å². The third-order valence-electron chi connectivity index (χ3n) is 4.99. The lowest BCUT2D eigenvalue weighted by atomic mass is 10.1. The van der Waals surface area contributed by atoms with Gasteiger partial charge in [0.2, 0.25) is 5.91 Å². The van der Waals surface area contributed by atoms with Crippen LogP contribution in [0, 0.1) is 0 Å². The maximum Gasteiger partial charge on any atom is 0.416 e. The van der Waals surface area contributed by atoms with Gasteiger partial charge in [0.05, 0.1) is 24.9 Å². The van der Waals surface area contributed by atoms with Crippen molar-refractivity contribution in [3.8, 4) is 0 Å². The lowest BCUT2D eigenvalue weighted by Crippen LogP contribution is -2.45. The normalized spacial score (nSPS) is 16.0. The van der Waals surface area contributed by atoms with Gasteiger partial charge in [-0.05, 0) is 49.3 Å². The second-order valence-electron chi connectivity index (χ2n) is 7.41. The Kier molecular flexibility index (Phi) is 7.69. The number of imide groups is 1. The van der Waals surface area contributed by atoms with E-state index in [0.717, 1.165) is 30.7 Å². The molecule has 31 heavy (non-hydrogen) atoms. The minimum atomic E-state index is -4.34. The average Bonchev–Trinajstić information content (AvgIpc) is 3.14. The van der Waals surface area contributed by atoms with Crippen LogP contribution < -0.4 is 10.6 Å². The van der Waals surface area contributed by atoms with Crippen LogP contribution in [-0.4, -0.2) is 54.5 Å². The number of rotatable bonds is 6. The summed E-state index contributed by atoms with van der Waals surface area (Å²) in [7, 11) is 0. The summed E-state index contributed by atoms with van der Waals surface area (Å²) in [4.78, 5) is 28.1. The quantitative estimate of drug-likeness (QED) is 0.725. The Morgan fingerprint density at radius 2 is 1.71 bits per heavy atom. The van der Waals surface area contributed by atoms with Crippen LogP contribution in [-0.2, 0) is 24.1 Å². The molecule has 1 aromatic heterocycles. The third-order valence-corrected chi connectivity index (χ3v) is 4.99. The molecule has 7 nitrogen and oxygen atoms in total. The number of urea groups is 1. The van der Waals surface area contributed by atoms with E-state index in [1.54, 1.807) is 12.1 Å². The molecule has 0 spiro atoms. The molecule has 0 saturated carbocycles. The van der Waals surface area contributed by atoms with E-state index in [-0.39, 0.29) is 13.1 Å². The van der Waals surface area contributed by atoms with Gasteiger partial charge in [-0.3, -0.25) is 19.9 Å². The Morgan fingerprint density at radius 3 is 2.39 bits per heavy atom. The fraction of sp³-hybridized carbons (Fsp3) is 0.429. The number of nitrogens with zero attached hydrogens (tertiary/aromatic N) is 2. The molecule has 1 saturated heterocycles. The number of carbonyl (C=O) groups is 2. The Morgan fingerprint density at radius 1 is 1.00 bits per heavy atom. The Balaban J connectivity index is 1.40. The van der Waals surface area contributed by atoms with Crippen LogP contribution in [0.3, 0.4) is 0 Å². The highest BCUT2D eigenvalue weighted by molar-refractivity contribution is 5.95. The maximum absolute atomic E-state index is 12.7. The molecule has 0 bridgehead atoms. The molecule has 10 heteroatoms. The van der Waals surface area contributed by atoms with Gasteiger partial charge < -0.3 is 9.73 Å². The molecule has 1 aromatic carbocycles. The minimum absolute atomic E-state index is 0.0995. The smallest absolute Gasteiger partial charge is 0.416 e. The van der Waals surface area contributed by atoms with Gasteiger partial charge in [-0.15, -0.1) is 0 Å². The van der Waals surface area contributed by atoms with Gasteiger partial charge in [-0.1, -0.05) is 12.1 Å². The molecule has 2 heterocycles. The second-order valence-corrected chi connectivity index (χ2v) is 7.41. The second kappa shape index (κ2) is 10.5. The van der Waals surface area contributed by atoms with Gasteiger partial charge in [0.25, 0.3) is 0 Å². The molecule has 1 aliphatic rings. The van der Waals surface area contributed by atoms with Crippen LogP contribution in [0.4, 0.5) is 18.0 Å². The van der Waals surface area contributed by atoms with Crippen LogP contribution in [0.5, 0.6) is 0 Å². The first-order chi connectivity index (χ1) is 14.8. The van der Waals surface area contributed by atoms with Crippen molar-refractivity contribution >= 4 is 11.9 Å². The van der Waals surface area contributed by atoms with E-state index >= 15 is 0 Å². The number of halogens is 3. The number of alkyl halides is 3. The summed E-state index contributed by atoms with van der Waals surface area (Å²) in [5.41, 5.74) is 0.157. The lowest BCUT2D eigenvalue weighted by molar-refractivity contribution is -0.137. The number of carbonyl (C=O) groups excluding carboxylic acids is 2. The zero-order valence-corrected chi connectivity index (χ0v) is 17.0. The van der Waals surface area contributed by atoms with Crippen molar-refractivity contribution in [3.63, 3.8) is 0 Å². The number of hydrogen-bond donors (Lipinski definition) is 2. The molecule has 0 atom stereocenters. The van der Waals surface area contributed by atoms with Crippen LogP contribution in [0.15, 0.2) is 47.1 Å². The highest BCUT2D eigenvalue weighted by Crippen LogP contribution is 2.29. The highest BCUT2D eigenvalue weighted by atomic mass is 19.4. The fourth-order valence-electron chi connectivity index (χ4n) is 3.39. The first-order valence-electron chi connectivity index (χ1n) is 10.0. The molecule has 0 unspecified atom stereocenters. The van der Waals surface area contributed by atoms with Crippen molar-refractivity contribution in [1.82, 2.24) is 20.4 Å². The minimum Gasteiger partial charge on any atom is -0.467 e. The van der Waals surface area contributed by atoms with E-state index in [9.17, 15) is 22.8 Å². The zero-order valence-electron chi connectivity index (χ0n) is 17.0. The number of hydrogen-bond acceptors (Lipinski definition) is 5. The first kappa shape index (κ1) is 22.8. The Bertz CT molecular complexity index is 854. The van der Waals surface area contributed by atoms with E-state index in [0.29, 0.717) is 31.9 Å². The van der Waals surface area contributed by atoms with Gasteiger partial charge in [0.1, 0.15) is 5.76 Å². The van der Waals surface area contributed by atoms with Gasteiger partial charge in [0, 0.05) is 19.6 Å². The Labute approximate surface area is 178 Å². The molecular weight excluding hydrogens is 413 g/mol. The summed E-state index contributed by atoms with van der Waals surface area (Å²) in [6.07, 6.45) is -2.02. The van der Waals surface area contributed by atoms with Crippen molar-refractivity contribution < 1.29 is 27.2 Å². The molecular formula is C21H25F3N4O3. The van der Waals surface area contributed by atoms with Crippen LogP contribution >= 0.6 is 0 Å². The van der Waals surface area contributed by atoms with Crippen LogP contribution in [0.25, 0.3) is 0 Å². The molecule has 3 rings (SSSR count). The van der Waals surface area contributed by atoms with Gasteiger partial charge in [0.15, 0.2) is 0 Å². The van der Waals surface area contributed by atoms with E-state index < -0.39 is 23.7 Å². The topological polar surface area (TPSA) is 77.8 Å². The summed E-state index contributed by atoms with van der Waals surface area (Å²) in [5, 5.41) is 4.85. The molecule has 168 valence electrons. The molecule has 2 aromatic rings. The summed E-state index contributed by atoms with van der Waals surface area (Å²) in [6.45, 7) is 3.62. The predicted octanol–water partition coefficient (Wildman–Crippen LogP) is 2.83. The van der Waals surface area contributed by atoms with E-state index in [4.69, 9.17) is 4.42 Å². The molecule has 2 N–H and O–H groups in total. The van der Waals surface area contributed by atoms with Crippen molar-refractivity contribution in [2.24, 2.45) is 0 Å². The number of nitrogens with one attached hydrogen (secondary N) is 2. The van der Waals surface area contributed by atoms with Crippen molar-refractivity contribution in [1.29, 1.82) is 0 Å². The van der Waals surface area contributed by atoms with Crippen molar-refractivity contribution in [2.45, 2.75) is 25.7 Å². The monoisotopic (exact) mass is 438 g/mol. The largest absolute Gasteiger partial charge is 0.467 e. The van der Waals surface area contributed by atoms with Crippen LogP contribution in [0.1, 0.15) is 23.3 Å². The molecule has 0 aliphatic carbocycles. The number of benzene rings is 1. The van der Waals surface area contributed by atoms with Gasteiger partial charge in [-0.2, -0.15) is 13.2 Å². The van der Waals surface area contributed by atoms with E-state index in [1.807, 2.05) is 4.90 Å². The summed E-state index contributed by atoms with van der Waals surface area (Å²) < 4.78 is 43.2. The van der Waals surface area contributed by atoms with Gasteiger partial charge in [-0.25, -0.2) is 4.79 Å². The summed E-state index contributed by atoms with van der Waals surface area (Å²) in [6, 6.07) is 8.04. The van der Waals surface area contributed by atoms with E-state index in [2.05, 4.69) is 15.5 Å². The number of furan rings is 1. The zero-order chi connectivity index (χ0) is 22.3. The molecule has 1 fully saturated rings. The first-order valence-corrected chi connectivity index (χ1v) is 10.0. The SMILES string of the molecule is O=C(CN1CCCN(Cc2ccc(C(F)(F)F)cc2)CC1)NC(=O)NCc1ccco1. The predicted molar refractivity (Wildman–Crippen MR) is 107 cm³/mol. The lowest BCUT2D eigenvalue weighted by Gasteiger charge is -2.21. The standard InChI is InChI=1S/C21H25F3N4O3/c22-21(23,24)17-6-4-16(5-7-17)14-27-8-2-9-28(11-10-27)15-19(29)26-20(30)25-13-18-3-1-12-31-18/h1,3-7,12H,2,8-11,13-15H2,(H2,25,26,29,30). The van der Waals surface area contributed by atoms with E-state index in [1.165, 1.54) is 18.4 Å². The number of amides is 3. The summed E-state index contributed by atoms with van der Waals surface area (Å²) >= 11 is 0. The average molecular weight is 438 g/mol. The van der Waals surface area contributed by atoms with Crippen molar-refractivity contribution in [3.05, 3.63) is 59.5 Å². The molecule has 1 aliphatic heterocycles. The van der Waals surface area contributed by atoms with Crippen LogP contribution in [0.2, 0.25) is 0 Å². The third kappa shape index (κ3) is 7.41. The summed E-state index contributed by atoms with van der Waals surface area (Å²) in [5.74, 6) is 0.191. The molecule has 3 amide bonds. The fourth-order valence-corrected chi connectivity index (χ4v) is 3.39. The van der Waals surface area contributed by atoms with Crippen molar-refractivity contribution in [2.75, 3.05) is 32.7 Å². The Hall–Kier alpha value is -2.85. The molecule has 0 radical (unpaired) electrons. The highest BCUT2D eigenvalue weighted by Gasteiger charge is 2.30.